The van der Waals surface area contributed by atoms with Gasteiger partial charge >= 0.3 is 0 Å². The minimum absolute atomic E-state index is 0.216. The van der Waals surface area contributed by atoms with Crippen LogP contribution in [0.5, 0.6) is 5.75 Å². The first-order chi connectivity index (χ1) is 9.74. The molecule has 1 aromatic carbocycles. The van der Waals surface area contributed by atoms with Crippen LogP contribution in [-0.2, 0) is 11.2 Å². The molecule has 1 aliphatic rings. The predicted octanol–water partition coefficient (Wildman–Crippen LogP) is 1.97. The minimum Gasteiger partial charge on any atom is -0.497 e. The summed E-state index contributed by atoms with van der Waals surface area (Å²) in [6, 6.07) is 8.04. The highest BCUT2D eigenvalue weighted by Gasteiger charge is 2.25. The molecule has 0 aliphatic carbocycles. The second-order valence-electron chi connectivity index (χ2n) is 5.34. The fraction of sp³-hybridized carbons (Fsp3) is 0.562. The summed E-state index contributed by atoms with van der Waals surface area (Å²) >= 11 is 0. The SMILES string of the molecule is COc1ccc(CC(=O)N2CCCCC2CCN)cc1. The normalized spacial score (nSPS) is 18.9. The quantitative estimate of drug-likeness (QED) is 0.894. The molecule has 1 atom stereocenters. The van der Waals surface area contributed by atoms with E-state index in [0.29, 0.717) is 19.0 Å². The number of hydrogen-bond donors (Lipinski definition) is 1. The van der Waals surface area contributed by atoms with E-state index in [1.54, 1.807) is 7.11 Å². The Balaban J connectivity index is 1.98. The molecule has 4 heteroatoms. The average Bonchev–Trinajstić information content (AvgIpc) is 2.49. The van der Waals surface area contributed by atoms with Gasteiger partial charge in [-0.3, -0.25) is 4.79 Å². The number of benzene rings is 1. The van der Waals surface area contributed by atoms with E-state index in [1.165, 1.54) is 6.42 Å². The first-order valence-corrected chi connectivity index (χ1v) is 7.37. The van der Waals surface area contributed by atoms with Crippen molar-refractivity contribution in [3.63, 3.8) is 0 Å². The third kappa shape index (κ3) is 3.73. The number of methoxy groups -OCH3 is 1. The first-order valence-electron chi connectivity index (χ1n) is 7.37. The highest BCUT2D eigenvalue weighted by atomic mass is 16.5. The van der Waals surface area contributed by atoms with Crippen molar-refractivity contribution < 1.29 is 9.53 Å². The van der Waals surface area contributed by atoms with E-state index in [-0.39, 0.29) is 5.91 Å². The second-order valence-corrected chi connectivity index (χ2v) is 5.34. The van der Waals surface area contributed by atoms with Gasteiger partial charge < -0.3 is 15.4 Å². The van der Waals surface area contributed by atoms with Crippen molar-refractivity contribution >= 4 is 5.91 Å². The van der Waals surface area contributed by atoms with Crippen molar-refractivity contribution in [2.45, 2.75) is 38.1 Å². The molecule has 1 unspecified atom stereocenters. The summed E-state index contributed by atoms with van der Waals surface area (Å²) in [6.07, 6.45) is 4.78. The summed E-state index contributed by atoms with van der Waals surface area (Å²) in [7, 11) is 1.64. The molecule has 0 aromatic heterocycles. The van der Waals surface area contributed by atoms with Gasteiger partial charge in [0.15, 0.2) is 0 Å². The summed E-state index contributed by atoms with van der Waals surface area (Å²) in [5.41, 5.74) is 6.69. The number of rotatable bonds is 5. The van der Waals surface area contributed by atoms with E-state index in [1.807, 2.05) is 29.2 Å². The number of nitrogens with zero attached hydrogens (tertiary/aromatic N) is 1. The molecular weight excluding hydrogens is 252 g/mol. The molecule has 0 saturated carbocycles. The maximum Gasteiger partial charge on any atom is 0.227 e. The van der Waals surface area contributed by atoms with E-state index in [4.69, 9.17) is 10.5 Å². The largest absolute Gasteiger partial charge is 0.497 e. The Morgan fingerprint density at radius 2 is 2.10 bits per heavy atom. The number of likely N-dealkylation sites (tertiary alicyclic amines) is 1. The molecule has 0 bridgehead atoms. The lowest BCUT2D eigenvalue weighted by atomic mass is 9.98. The zero-order chi connectivity index (χ0) is 14.4. The molecule has 0 radical (unpaired) electrons. The molecule has 1 aromatic rings. The smallest absolute Gasteiger partial charge is 0.227 e. The molecule has 1 amide bonds. The topological polar surface area (TPSA) is 55.6 Å². The van der Waals surface area contributed by atoms with Gasteiger partial charge in [0, 0.05) is 12.6 Å². The van der Waals surface area contributed by atoms with E-state index < -0.39 is 0 Å². The van der Waals surface area contributed by atoms with Crippen LogP contribution in [0, 0.1) is 0 Å². The van der Waals surface area contributed by atoms with Gasteiger partial charge in [-0.2, -0.15) is 0 Å². The van der Waals surface area contributed by atoms with Gasteiger partial charge in [-0.25, -0.2) is 0 Å². The van der Waals surface area contributed by atoms with Crippen molar-refractivity contribution in [1.29, 1.82) is 0 Å². The fourth-order valence-electron chi connectivity index (χ4n) is 2.84. The molecule has 1 heterocycles. The average molecular weight is 276 g/mol. The van der Waals surface area contributed by atoms with Crippen LogP contribution in [0.25, 0.3) is 0 Å². The molecule has 110 valence electrons. The van der Waals surface area contributed by atoms with Crippen molar-refractivity contribution in [2.75, 3.05) is 20.2 Å². The van der Waals surface area contributed by atoms with Gasteiger partial charge in [0.05, 0.1) is 13.5 Å². The Morgan fingerprint density at radius 3 is 2.75 bits per heavy atom. The van der Waals surface area contributed by atoms with Crippen molar-refractivity contribution in [3.05, 3.63) is 29.8 Å². The van der Waals surface area contributed by atoms with Crippen LogP contribution in [0.1, 0.15) is 31.2 Å². The van der Waals surface area contributed by atoms with Crippen LogP contribution in [0.2, 0.25) is 0 Å². The van der Waals surface area contributed by atoms with Gasteiger partial charge in [0.2, 0.25) is 5.91 Å². The lowest BCUT2D eigenvalue weighted by Gasteiger charge is -2.35. The lowest BCUT2D eigenvalue weighted by Crippen LogP contribution is -2.45. The molecule has 0 spiro atoms. The number of nitrogens with two attached hydrogens (primary N) is 1. The third-order valence-electron chi connectivity index (χ3n) is 3.96. The Kier molecular flexibility index (Phi) is 5.41. The second kappa shape index (κ2) is 7.29. The summed E-state index contributed by atoms with van der Waals surface area (Å²) in [5, 5.41) is 0. The van der Waals surface area contributed by atoms with E-state index in [2.05, 4.69) is 0 Å². The number of ether oxygens (including phenoxy) is 1. The highest BCUT2D eigenvalue weighted by molar-refractivity contribution is 5.79. The van der Waals surface area contributed by atoms with Gasteiger partial charge in [-0.1, -0.05) is 12.1 Å². The summed E-state index contributed by atoms with van der Waals surface area (Å²) in [5.74, 6) is 1.04. The molecular formula is C16H24N2O2. The maximum absolute atomic E-state index is 12.5. The number of hydrogen-bond acceptors (Lipinski definition) is 3. The fourth-order valence-corrected chi connectivity index (χ4v) is 2.84. The maximum atomic E-state index is 12.5. The molecule has 2 rings (SSSR count). The Bertz CT molecular complexity index is 429. The Labute approximate surface area is 120 Å². The van der Waals surface area contributed by atoms with Gasteiger partial charge in [-0.15, -0.1) is 0 Å². The van der Waals surface area contributed by atoms with E-state index in [9.17, 15) is 4.79 Å². The van der Waals surface area contributed by atoms with Gasteiger partial charge in [0.1, 0.15) is 5.75 Å². The highest BCUT2D eigenvalue weighted by Crippen LogP contribution is 2.21. The third-order valence-corrected chi connectivity index (χ3v) is 3.96. The molecule has 1 saturated heterocycles. The zero-order valence-corrected chi connectivity index (χ0v) is 12.2. The number of piperidine rings is 1. The number of carbonyl (C=O) groups is 1. The van der Waals surface area contributed by atoms with Crippen LogP contribution < -0.4 is 10.5 Å². The monoisotopic (exact) mass is 276 g/mol. The molecule has 4 nitrogen and oxygen atoms in total. The van der Waals surface area contributed by atoms with Crippen LogP contribution in [-0.4, -0.2) is 37.0 Å². The van der Waals surface area contributed by atoms with Crippen LogP contribution >= 0.6 is 0 Å². The molecule has 20 heavy (non-hydrogen) atoms. The first kappa shape index (κ1) is 14.9. The summed E-state index contributed by atoms with van der Waals surface area (Å²) in [6.45, 7) is 1.52. The van der Waals surface area contributed by atoms with Crippen molar-refractivity contribution in [2.24, 2.45) is 5.73 Å². The summed E-state index contributed by atoms with van der Waals surface area (Å²) < 4.78 is 5.13. The van der Waals surface area contributed by atoms with Gasteiger partial charge in [-0.05, 0) is 49.9 Å². The lowest BCUT2D eigenvalue weighted by molar-refractivity contribution is -0.134. The summed E-state index contributed by atoms with van der Waals surface area (Å²) in [4.78, 5) is 14.5. The van der Waals surface area contributed by atoms with Crippen LogP contribution in [0.3, 0.4) is 0 Å². The Morgan fingerprint density at radius 1 is 1.35 bits per heavy atom. The van der Waals surface area contributed by atoms with Gasteiger partial charge in [0.25, 0.3) is 0 Å². The zero-order valence-electron chi connectivity index (χ0n) is 12.2. The van der Waals surface area contributed by atoms with Crippen LogP contribution in [0.15, 0.2) is 24.3 Å². The van der Waals surface area contributed by atoms with Crippen molar-refractivity contribution in [3.8, 4) is 5.75 Å². The Hall–Kier alpha value is -1.55. The molecule has 1 aliphatic heterocycles. The molecule has 2 N–H and O–H groups in total. The number of carbonyl (C=O) groups excluding carboxylic acids is 1. The predicted molar refractivity (Wildman–Crippen MR) is 79.7 cm³/mol. The van der Waals surface area contributed by atoms with E-state index >= 15 is 0 Å². The molecule has 1 fully saturated rings. The van der Waals surface area contributed by atoms with E-state index in [0.717, 1.165) is 37.1 Å². The standard InChI is InChI=1S/C16H24N2O2/c1-20-15-7-5-13(6-8-15)12-16(19)18-11-3-2-4-14(18)9-10-17/h5-8,14H,2-4,9-12,17H2,1H3. The minimum atomic E-state index is 0.216. The van der Waals surface area contributed by atoms with Crippen molar-refractivity contribution in [1.82, 2.24) is 4.90 Å². The van der Waals surface area contributed by atoms with Crippen LogP contribution in [0.4, 0.5) is 0 Å². The number of amides is 1.